The van der Waals surface area contributed by atoms with E-state index in [4.69, 9.17) is 0 Å². The summed E-state index contributed by atoms with van der Waals surface area (Å²) >= 11 is 0. The molecule has 2 nitrogen and oxygen atoms in total. The zero-order valence-corrected chi connectivity index (χ0v) is 12.6. The van der Waals surface area contributed by atoms with Gasteiger partial charge in [0.25, 0.3) is 0 Å². The third kappa shape index (κ3) is 4.87. The Labute approximate surface area is 125 Å². The normalized spacial score (nSPS) is 12.3. The number of nitrogens with one attached hydrogen (secondary N) is 1. The molecule has 0 aliphatic rings. The van der Waals surface area contributed by atoms with Gasteiger partial charge in [0.05, 0.1) is 0 Å². The Morgan fingerprint density at radius 1 is 1.10 bits per heavy atom. The molecule has 0 spiro atoms. The second-order valence-electron chi connectivity index (χ2n) is 5.57. The summed E-state index contributed by atoms with van der Waals surface area (Å²) < 4.78 is 13.5. The van der Waals surface area contributed by atoms with Crippen LogP contribution in [0.3, 0.4) is 0 Å². The number of hydrogen-bond acceptors (Lipinski definition) is 2. The topological polar surface area (TPSA) is 32.3 Å². The van der Waals surface area contributed by atoms with Crippen molar-refractivity contribution in [2.24, 2.45) is 0 Å². The number of benzene rings is 2. The molecule has 2 N–H and O–H groups in total. The maximum absolute atomic E-state index is 13.5. The fraction of sp³-hybridized carbons (Fsp3) is 0.333. The molecule has 0 saturated heterocycles. The van der Waals surface area contributed by atoms with E-state index in [2.05, 4.69) is 12.2 Å². The number of aromatic hydroxyl groups is 1. The maximum Gasteiger partial charge on any atom is 0.126 e. The van der Waals surface area contributed by atoms with Crippen LogP contribution in [0.4, 0.5) is 4.39 Å². The molecule has 0 aliphatic heterocycles. The van der Waals surface area contributed by atoms with Gasteiger partial charge in [0.1, 0.15) is 11.6 Å². The highest BCUT2D eigenvalue weighted by atomic mass is 19.1. The summed E-state index contributed by atoms with van der Waals surface area (Å²) in [5, 5.41) is 12.7. The van der Waals surface area contributed by atoms with Gasteiger partial charge in [-0.15, -0.1) is 0 Å². The molecular weight excluding hydrogens is 265 g/mol. The molecule has 0 heterocycles. The zero-order valence-electron chi connectivity index (χ0n) is 12.6. The van der Waals surface area contributed by atoms with Gasteiger partial charge in [-0.1, -0.05) is 24.3 Å². The highest BCUT2D eigenvalue weighted by Crippen LogP contribution is 2.13. The lowest BCUT2D eigenvalue weighted by Gasteiger charge is -2.14. The molecule has 0 fully saturated rings. The van der Waals surface area contributed by atoms with Crippen molar-refractivity contribution in [3.8, 4) is 5.75 Å². The van der Waals surface area contributed by atoms with Gasteiger partial charge in [0.2, 0.25) is 0 Å². The molecule has 3 heteroatoms. The van der Waals surface area contributed by atoms with Crippen molar-refractivity contribution in [2.45, 2.75) is 39.3 Å². The standard InChI is InChI=1S/C18H22FNO/c1-13-3-5-16(11-18(13)19)12-20-14(2)4-6-15-7-9-17(21)10-8-15/h3,5,7-11,14,20-21H,4,6,12H2,1-2H3. The smallest absolute Gasteiger partial charge is 0.126 e. The van der Waals surface area contributed by atoms with Crippen LogP contribution in [0, 0.1) is 12.7 Å². The Balaban J connectivity index is 1.77. The highest BCUT2D eigenvalue weighted by Gasteiger charge is 2.04. The van der Waals surface area contributed by atoms with Gasteiger partial charge in [0, 0.05) is 12.6 Å². The average molecular weight is 287 g/mol. The molecule has 1 unspecified atom stereocenters. The second kappa shape index (κ2) is 7.23. The van der Waals surface area contributed by atoms with Crippen molar-refractivity contribution in [1.29, 1.82) is 0 Å². The predicted molar refractivity (Wildman–Crippen MR) is 83.9 cm³/mol. The Morgan fingerprint density at radius 2 is 1.76 bits per heavy atom. The van der Waals surface area contributed by atoms with Gasteiger partial charge in [-0.05, 0) is 61.6 Å². The average Bonchev–Trinajstić information content (AvgIpc) is 2.48. The summed E-state index contributed by atoms with van der Waals surface area (Å²) in [5.41, 5.74) is 2.86. The zero-order chi connectivity index (χ0) is 15.2. The van der Waals surface area contributed by atoms with Crippen LogP contribution in [-0.2, 0) is 13.0 Å². The summed E-state index contributed by atoms with van der Waals surface area (Å²) in [6, 6.07) is 13.0. The molecule has 2 rings (SSSR count). The number of hydrogen-bond donors (Lipinski definition) is 2. The van der Waals surface area contributed by atoms with Crippen LogP contribution < -0.4 is 5.32 Å². The van der Waals surface area contributed by atoms with E-state index >= 15 is 0 Å². The van der Waals surface area contributed by atoms with E-state index in [1.807, 2.05) is 24.3 Å². The summed E-state index contributed by atoms with van der Waals surface area (Å²) in [5.74, 6) is 0.150. The van der Waals surface area contributed by atoms with Crippen LogP contribution in [0.25, 0.3) is 0 Å². The monoisotopic (exact) mass is 287 g/mol. The van der Waals surface area contributed by atoms with Crippen molar-refractivity contribution in [3.63, 3.8) is 0 Å². The Bertz CT molecular complexity index is 580. The number of aryl methyl sites for hydroxylation is 2. The van der Waals surface area contributed by atoms with Gasteiger partial charge in [-0.25, -0.2) is 4.39 Å². The summed E-state index contributed by atoms with van der Waals surface area (Å²) in [6.07, 6.45) is 1.95. The van der Waals surface area contributed by atoms with E-state index in [1.54, 1.807) is 25.1 Å². The van der Waals surface area contributed by atoms with Gasteiger partial charge in [-0.2, -0.15) is 0 Å². The van der Waals surface area contributed by atoms with Crippen molar-refractivity contribution in [1.82, 2.24) is 5.32 Å². The molecule has 0 aromatic heterocycles. The summed E-state index contributed by atoms with van der Waals surface area (Å²) in [7, 11) is 0. The molecule has 21 heavy (non-hydrogen) atoms. The van der Waals surface area contributed by atoms with Gasteiger partial charge in [0.15, 0.2) is 0 Å². The first-order chi connectivity index (χ1) is 10.0. The van der Waals surface area contributed by atoms with E-state index < -0.39 is 0 Å². The molecular formula is C18H22FNO. The SMILES string of the molecule is Cc1ccc(CNC(C)CCc2ccc(O)cc2)cc1F. The first-order valence-corrected chi connectivity index (χ1v) is 7.31. The molecule has 1 atom stereocenters. The quantitative estimate of drug-likeness (QED) is 0.843. The van der Waals surface area contributed by atoms with Crippen molar-refractivity contribution >= 4 is 0 Å². The van der Waals surface area contributed by atoms with Crippen molar-refractivity contribution < 1.29 is 9.50 Å². The first-order valence-electron chi connectivity index (χ1n) is 7.31. The van der Waals surface area contributed by atoms with Crippen LogP contribution in [-0.4, -0.2) is 11.1 Å². The lowest BCUT2D eigenvalue weighted by Crippen LogP contribution is -2.26. The second-order valence-corrected chi connectivity index (χ2v) is 5.57. The van der Waals surface area contributed by atoms with E-state index in [1.165, 1.54) is 5.56 Å². The Hall–Kier alpha value is -1.87. The lowest BCUT2D eigenvalue weighted by atomic mass is 10.1. The van der Waals surface area contributed by atoms with Gasteiger partial charge < -0.3 is 10.4 Å². The van der Waals surface area contributed by atoms with Gasteiger partial charge in [-0.3, -0.25) is 0 Å². The van der Waals surface area contributed by atoms with Crippen LogP contribution in [0.1, 0.15) is 30.0 Å². The molecule has 2 aromatic rings. The largest absolute Gasteiger partial charge is 0.508 e. The first kappa shape index (κ1) is 15.5. The predicted octanol–water partition coefficient (Wildman–Crippen LogP) is 3.95. The molecule has 0 saturated carbocycles. The number of halogens is 1. The van der Waals surface area contributed by atoms with Crippen molar-refractivity contribution in [2.75, 3.05) is 0 Å². The number of rotatable bonds is 6. The molecule has 0 amide bonds. The van der Waals surface area contributed by atoms with Crippen LogP contribution in [0.2, 0.25) is 0 Å². The minimum Gasteiger partial charge on any atom is -0.508 e. The Kier molecular flexibility index (Phi) is 5.34. The highest BCUT2D eigenvalue weighted by molar-refractivity contribution is 5.26. The fourth-order valence-corrected chi connectivity index (χ4v) is 2.19. The van der Waals surface area contributed by atoms with Crippen LogP contribution in [0.15, 0.2) is 42.5 Å². The summed E-state index contributed by atoms with van der Waals surface area (Å²) in [4.78, 5) is 0. The number of phenolic OH excluding ortho intramolecular Hbond substituents is 1. The molecule has 2 aromatic carbocycles. The maximum atomic E-state index is 13.5. The summed E-state index contributed by atoms with van der Waals surface area (Å²) in [6.45, 7) is 4.58. The van der Waals surface area contributed by atoms with Crippen LogP contribution >= 0.6 is 0 Å². The third-order valence-corrected chi connectivity index (χ3v) is 3.69. The van der Waals surface area contributed by atoms with E-state index in [9.17, 15) is 9.50 Å². The lowest BCUT2D eigenvalue weighted by molar-refractivity contribution is 0.474. The van der Waals surface area contributed by atoms with E-state index in [-0.39, 0.29) is 5.82 Å². The van der Waals surface area contributed by atoms with Crippen molar-refractivity contribution in [3.05, 3.63) is 65.0 Å². The minimum absolute atomic E-state index is 0.147. The molecule has 0 bridgehead atoms. The minimum atomic E-state index is -0.147. The third-order valence-electron chi connectivity index (χ3n) is 3.69. The molecule has 0 aliphatic carbocycles. The molecule has 112 valence electrons. The fourth-order valence-electron chi connectivity index (χ4n) is 2.19. The van der Waals surface area contributed by atoms with Gasteiger partial charge >= 0.3 is 0 Å². The Morgan fingerprint density at radius 3 is 2.43 bits per heavy atom. The van der Waals surface area contributed by atoms with Crippen LogP contribution in [0.5, 0.6) is 5.75 Å². The van der Waals surface area contributed by atoms with E-state index in [0.717, 1.165) is 18.4 Å². The molecule has 0 radical (unpaired) electrons. The number of phenols is 1. The van der Waals surface area contributed by atoms with E-state index in [0.29, 0.717) is 23.9 Å².